The van der Waals surface area contributed by atoms with Crippen molar-refractivity contribution < 1.29 is 0 Å². The van der Waals surface area contributed by atoms with Crippen molar-refractivity contribution in [2.24, 2.45) is 0 Å². The summed E-state index contributed by atoms with van der Waals surface area (Å²) in [6.45, 7) is 6.02. The molecule has 0 heterocycles. The molecule has 0 radical (unpaired) electrons. The van der Waals surface area contributed by atoms with Gasteiger partial charge in [0.05, 0.1) is 0 Å². The summed E-state index contributed by atoms with van der Waals surface area (Å²) in [4.78, 5) is 0. The first kappa shape index (κ1) is 9.33. The molecule has 1 nitrogen and oxygen atoms in total. The van der Waals surface area contributed by atoms with Gasteiger partial charge in [-0.3, -0.25) is 0 Å². The molecule has 0 bridgehead atoms. The van der Waals surface area contributed by atoms with Gasteiger partial charge in [-0.2, -0.15) is 0 Å². The highest BCUT2D eigenvalue weighted by Gasteiger charge is 2.00. The zero-order valence-corrected chi connectivity index (χ0v) is 8.93. The molecule has 0 spiro atoms. The molecule has 0 unspecified atom stereocenters. The lowest BCUT2D eigenvalue weighted by atomic mass is 10.1. The summed E-state index contributed by atoms with van der Waals surface area (Å²) < 4.78 is 1.84. The third-order valence-corrected chi connectivity index (χ3v) is 2.15. The van der Waals surface area contributed by atoms with Crippen molar-refractivity contribution in [3.8, 4) is 0 Å². The van der Waals surface area contributed by atoms with Crippen LogP contribution < -0.4 is 0 Å². The van der Waals surface area contributed by atoms with Crippen LogP contribution in [0.15, 0.2) is 30.8 Å². The Morgan fingerprint density at radius 3 is 2.67 bits per heavy atom. The van der Waals surface area contributed by atoms with E-state index in [9.17, 15) is 0 Å². The predicted molar refractivity (Wildman–Crippen MR) is 56.9 cm³/mol. The summed E-state index contributed by atoms with van der Waals surface area (Å²) in [7, 11) is 1.92. The van der Waals surface area contributed by atoms with E-state index in [0.717, 1.165) is 11.3 Å². The van der Waals surface area contributed by atoms with Crippen LogP contribution in [0.5, 0.6) is 0 Å². The normalized spacial score (nSPS) is 9.58. The lowest BCUT2D eigenvalue weighted by Crippen LogP contribution is -2.00. The van der Waals surface area contributed by atoms with Crippen LogP contribution in [0.2, 0.25) is 0 Å². The number of benzene rings is 1. The van der Waals surface area contributed by atoms with Gasteiger partial charge in [0.1, 0.15) is 0 Å². The van der Waals surface area contributed by atoms with Crippen LogP contribution in [0.3, 0.4) is 0 Å². The molecule has 1 aromatic carbocycles. The SMILES string of the molecule is C=C(c1cccc(C)c1)N(C)Br. The quantitative estimate of drug-likeness (QED) is 0.700. The van der Waals surface area contributed by atoms with Gasteiger partial charge in [0.25, 0.3) is 0 Å². The monoisotopic (exact) mass is 225 g/mol. The second-order valence-electron chi connectivity index (χ2n) is 2.79. The van der Waals surface area contributed by atoms with Gasteiger partial charge in [-0.05, 0) is 18.6 Å². The van der Waals surface area contributed by atoms with E-state index in [0.29, 0.717) is 0 Å². The van der Waals surface area contributed by atoms with Crippen molar-refractivity contribution in [3.05, 3.63) is 42.0 Å². The van der Waals surface area contributed by atoms with Crippen LogP contribution in [0.4, 0.5) is 0 Å². The van der Waals surface area contributed by atoms with Gasteiger partial charge in [0, 0.05) is 28.9 Å². The highest BCUT2D eigenvalue weighted by atomic mass is 79.9. The summed E-state index contributed by atoms with van der Waals surface area (Å²) in [6, 6.07) is 8.27. The Morgan fingerprint density at radius 2 is 2.17 bits per heavy atom. The topological polar surface area (TPSA) is 3.24 Å². The second-order valence-corrected chi connectivity index (χ2v) is 3.86. The van der Waals surface area contributed by atoms with Gasteiger partial charge in [-0.25, -0.2) is 0 Å². The molecule has 0 aliphatic heterocycles. The maximum atomic E-state index is 3.94. The smallest absolute Gasteiger partial charge is 0.0493 e. The summed E-state index contributed by atoms with van der Waals surface area (Å²) in [5.74, 6) is 0. The van der Waals surface area contributed by atoms with Crippen molar-refractivity contribution in [2.45, 2.75) is 6.92 Å². The van der Waals surface area contributed by atoms with Crippen molar-refractivity contribution in [3.63, 3.8) is 0 Å². The Labute approximate surface area is 82.0 Å². The zero-order chi connectivity index (χ0) is 9.14. The number of rotatable bonds is 2. The maximum absolute atomic E-state index is 3.94. The van der Waals surface area contributed by atoms with Gasteiger partial charge in [0.2, 0.25) is 0 Å². The highest BCUT2D eigenvalue weighted by molar-refractivity contribution is 9.07. The molecule has 0 saturated carbocycles. The van der Waals surface area contributed by atoms with Gasteiger partial charge in [-0.15, -0.1) is 0 Å². The Balaban J connectivity index is 2.96. The first-order chi connectivity index (χ1) is 5.61. The minimum absolute atomic E-state index is 0.971. The van der Waals surface area contributed by atoms with E-state index in [-0.39, 0.29) is 0 Å². The second kappa shape index (κ2) is 3.76. The number of halogens is 1. The molecule has 0 amide bonds. The molecule has 0 fully saturated rings. The molecule has 0 N–H and O–H groups in total. The van der Waals surface area contributed by atoms with E-state index in [2.05, 4.69) is 41.8 Å². The van der Waals surface area contributed by atoms with E-state index in [1.54, 1.807) is 0 Å². The van der Waals surface area contributed by atoms with E-state index < -0.39 is 0 Å². The van der Waals surface area contributed by atoms with Gasteiger partial charge in [-0.1, -0.05) is 30.3 Å². The fourth-order valence-electron chi connectivity index (χ4n) is 1.00. The van der Waals surface area contributed by atoms with Crippen LogP contribution in [0.25, 0.3) is 5.70 Å². The number of aryl methyl sites for hydroxylation is 1. The molecule has 0 aliphatic rings. The van der Waals surface area contributed by atoms with Crippen LogP contribution in [-0.2, 0) is 0 Å². The Kier molecular flexibility index (Phi) is 2.93. The fourth-order valence-corrected chi connectivity index (χ4v) is 1.21. The molecule has 0 saturated heterocycles. The largest absolute Gasteiger partial charge is 0.312 e. The zero-order valence-electron chi connectivity index (χ0n) is 7.34. The maximum Gasteiger partial charge on any atom is 0.0493 e. The number of nitrogens with zero attached hydrogens (tertiary/aromatic N) is 1. The van der Waals surface area contributed by atoms with E-state index in [1.165, 1.54) is 5.56 Å². The van der Waals surface area contributed by atoms with Crippen LogP contribution in [-0.4, -0.2) is 11.0 Å². The van der Waals surface area contributed by atoms with Gasteiger partial charge < -0.3 is 3.93 Å². The van der Waals surface area contributed by atoms with Crippen molar-refractivity contribution in [1.29, 1.82) is 0 Å². The molecule has 12 heavy (non-hydrogen) atoms. The average molecular weight is 226 g/mol. The number of hydrogen-bond donors (Lipinski definition) is 0. The van der Waals surface area contributed by atoms with Crippen LogP contribution in [0.1, 0.15) is 11.1 Å². The van der Waals surface area contributed by atoms with E-state index >= 15 is 0 Å². The molecule has 1 aromatic rings. The lowest BCUT2D eigenvalue weighted by Gasteiger charge is -2.13. The van der Waals surface area contributed by atoms with Crippen LogP contribution >= 0.6 is 16.1 Å². The average Bonchev–Trinajstić information content (AvgIpc) is 2.03. The molecule has 1 rings (SSSR count). The van der Waals surface area contributed by atoms with Crippen LogP contribution in [0, 0.1) is 6.92 Å². The minimum Gasteiger partial charge on any atom is -0.312 e. The first-order valence-corrected chi connectivity index (χ1v) is 4.47. The van der Waals surface area contributed by atoms with E-state index in [1.807, 2.05) is 23.1 Å². The Bertz CT molecular complexity index is 292. The fraction of sp³-hybridized carbons (Fsp3) is 0.200. The highest BCUT2D eigenvalue weighted by Crippen LogP contribution is 2.18. The van der Waals surface area contributed by atoms with Gasteiger partial charge >= 0.3 is 0 Å². The predicted octanol–water partition coefficient (Wildman–Crippen LogP) is 3.21. The van der Waals surface area contributed by atoms with Gasteiger partial charge in [0.15, 0.2) is 0 Å². The molecule has 0 aromatic heterocycles. The molecular weight excluding hydrogens is 214 g/mol. The molecule has 0 atom stereocenters. The number of hydrogen-bond acceptors (Lipinski definition) is 1. The first-order valence-electron chi connectivity index (χ1n) is 3.76. The van der Waals surface area contributed by atoms with E-state index in [4.69, 9.17) is 0 Å². The standard InChI is InChI=1S/C10H12BrN/c1-8-5-4-6-10(7-8)9(2)12(3)11/h4-7H,2H2,1,3H3. The molecular formula is C10H12BrN. The molecule has 0 aliphatic carbocycles. The Hall–Kier alpha value is -0.760. The lowest BCUT2D eigenvalue weighted by molar-refractivity contribution is 0.836. The summed E-state index contributed by atoms with van der Waals surface area (Å²) in [6.07, 6.45) is 0. The summed E-state index contributed by atoms with van der Waals surface area (Å²) >= 11 is 3.33. The molecule has 64 valence electrons. The third-order valence-electron chi connectivity index (χ3n) is 1.72. The third kappa shape index (κ3) is 2.11. The molecule has 2 heteroatoms. The van der Waals surface area contributed by atoms with Crippen molar-refractivity contribution >= 4 is 21.8 Å². The van der Waals surface area contributed by atoms with Crippen molar-refractivity contribution in [1.82, 2.24) is 3.93 Å². The minimum atomic E-state index is 0.971. The summed E-state index contributed by atoms with van der Waals surface area (Å²) in [5, 5.41) is 0. The summed E-state index contributed by atoms with van der Waals surface area (Å²) in [5.41, 5.74) is 3.37. The van der Waals surface area contributed by atoms with Crippen molar-refractivity contribution in [2.75, 3.05) is 7.05 Å². The Morgan fingerprint density at radius 1 is 1.50 bits per heavy atom.